The maximum absolute atomic E-state index is 9.30. The van der Waals surface area contributed by atoms with E-state index >= 15 is 0 Å². The smallest absolute Gasteiger partial charge is 0.151 e. The maximum Gasteiger partial charge on any atom is 0.151 e. The largest absolute Gasteiger partial charge is 0.396 e. The number of aryl methyl sites for hydroxylation is 1. The van der Waals surface area contributed by atoms with Crippen LogP contribution in [0.3, 0.4) is 0 Å². The Morgan fingerprint density at radius 2 is 2.10 bits per heavy atom. The average molecular weight is 292 g/mol. The van der Waals surface area contributed by atoms with E-state index < -0.39 is 0 Å². The quantitative estimate of drug-likeness (QED) is 0.913. The monoisotopic (exact) mass is 292 g/mol. The molecule has 1 aromatic heterocycles. The van der Waals surface area contributed by atoms with Gasteiger partial charge < -0.3 is 10.0 Å². The van der Waals surface area contributed by atoms with E-state index in [1.807, 2.05) is 0 Å². The number of fused-ring (bicyclic) bond motifs is 1. The maximum atomic E-state index is 9.30. The Morgan fingerprint density at radius 3 is 2.86 bits per heavy atom. The fourth-order valence-electron chi connectivity index (χ4n) is 3.65. The lowest BCUT2D eigenvalue weighted by atomic mass is 9.94. The van der Waals surface area contributed by atoms with E-state index in [0.717, 1.165) is 37.5 Å². The number of likely N-dealkylation sites (tertiary alicyclic amines) is 1. The number of nitrogens with zero attached hydrogens (tertiary/aromatic N) is 4. The number of rotatable bonds is 4. The highest BCUT2D eigenvalue weighted by Crippen LogP contribution is 2.23. The van der Waals surface area contributed by atoms with Crippen LogP contribution in [0.2, 0.25) is 0 Å². The zero-order valence-electron chi connectivity index (χ0n) is 13.3. The van der Waals surface area contributed by atoms with Crippen LogP contribution in [-0.4, -0.2) is 50.5 Å². The molecule has 3 heterocycles. The number of hydrogen-bond acceptors (Lipinski definition) is 4. The van der Waals surface area contributed by atoms with Gasteiger partial charge in [0.1, 0.15) is 5.82 Å². The molecule has 0 amide bonds. The van der Waals surface area contributed by atoms with Crippen LogP contribution in [0.4, 0.5) is 0 Å². The molecule has 0 radical (unpaired) electrons. The molecule has 0 spiro atoms. The van der Waals surface area contributed by atoms with Crippen LogP contribution in [0, 0.1) is 11.8 Å². The molecule has 0 bridgehead atoms. The van der Waals surface area contributed by atoms with Gasteiger partial charge in [0.15, 0.2) is 5.82 Å². The van der Waals surface area contributed by atoms with Crippen molar-refractivity contribution in [2.24, 2.45) is 11.8 Å². The van der Waals surface area contributed by atoms with Crippen LogP contribution in [0.5, 0.6) is 0 Å². The summed E-state index contributed by atoms with van der Waals surface area (Å²) < 4.78 is 2.06. The Hall–Kier alpha value is -0.940. The van der Waals surface area contributed by atoms with Crippen molar-refractivity contribution in [1.82, 2.24) is 19.7 Å². The van der Waals surface area contributed by atoms with Crippen molar-refractivity contribution in [1.29, 1.82) is 0 Å². The summed E-state index contributed by atoms with van der Waals surface area (Å²) in [4.78, 5) is 7.31. The van der Waals surface area contributed by atoms with E-state index in [-0.39, 0.29) is 6.61 Å². The number of piperidine rings is 1. The van der Waals surface area contributed by atoms with Crippen LogP contribution >= 0.6 is 0 Å². The number of aliphatic hydroxyl groups excluding tert-OH is 1. The Labute approximate surface area is 127 Å². The Morgan fingerprint density at radius 1 is 1.24 bits per heavy atom. The van der Waals surface area contributed by atoms with Gasteiger partial charge in [-0.15, -0.1) is 0 Å². The predicted molar refractivity (Wildman–Crippen MR) is 82.1 cm³/mol. The molecule has 2 atom stereocenters. The van der Waals surface area contributed by atoms with Crippen molar-refractivity contribution in [2.45, 2.75) is 58.5 Å². The fourth-order valence-corrected chi connectivity index (χ4v) is 3.65. The molecule has 21 heavy (non-hydrogen) atoms. The van der Waals surface area contributed by atoms with Gasteiger partial charge >= 0.3 is 0 Å². The van der Waals surface area contributed by atoms with E-state index in [0.29, 0.717) is 17.9 Å². The lowest BCUT2D eigenvalue weighted by molar-refractivity contribution is 0.138. The van der Waals surface area contributed by atoms with Crippen molar-refractivity contribution in [3.63, 3.8) is 0 Å². The van der Waals surface area contributed by atoms with E-state index in [9.17, 15) is 5.11 Å². The van der Waals surface area contributed by atoms with Crippen LogP contribution in [0.25, 0.3) is 0 Å². The molecule has 1 aromatic rings. The summed E-state index contributed by atoms with van der Waals surface area (Å²) in [6.45, 7) is 8.17. The summed E-state index contributed by atoms with van der Waals surface area (Å²) in [5, 5.41) is 14.0. The average Bonchev–Trinajstić information content (AvgIpc) is 2.88. The molecule has 1 N–H and O–H groups in total. The summed E-state index contributed by atoms with van der Waals surface area (Å²) in [6.07, 6.45) is 5.51. The van der Waals surface area contributed by atoms with Gasteiger partial charge in [0.25, 0.3) is 0 Å². The molecule has 3 rings (SSSR count). The molecular formula is C16H28N4O. The first kappa shape index (κ1) is 15.0. The van der Waals surface area contributed by atoms with Crippen molar-refractivity contribution in [3.8, 4) is 0 Å². The lowest BCUT2D eigenvalue weighted by Gasteiger charge is -2.35. The first-order valence-electron chi connectivity index (χ1n) is 8.43. The first-order valence-corrected chi connectivity index (χ1v) is 8.43. The standard InChI is InChI=1S/C16H28N4O/c1-12(2)19-6-3-4-13(10-19)8-15-17-16-9-14(11-21)5-7-20(16)18-15/h12-14,21H,3-11H2,1-2H3. The lowest BCUT2D eigenvalue weighted by Crippen LogP contribution is -2.40. The van der Waals surface area contributed by atoms with Crippen LogP contribution < -0.4 is 0 Å². The number of aliphatic hydroxyl groups is 1. The fraction of sp³-hybridized carbons (Fsp3) is 0.875. The minimum atomic E-state index is 0.272. The van der Waals surface area contributed by atoms with Gasteiger partial charge in [-0.25, -0.2) is 9.67 Å². The molecule has 0 saturated carbocycles. The van der Waals surface area contributed by atoms with Gasteiger partial charge in [-0.2, -0.15) is 5.10 Å². The Balaban J connectivity index is 1.62. The summed E-state index contributed by atoms with van der Waals surface area (Å²) in [7, 11) is 0. The summed E-state index contributed by atoms with van der Waals surface area (Å²) in [6, 6.07) is 0.640. The third-order valence-electron chi connectivity index (χ3n) is 5.02. The molecule has 0 aliphatic carbocycles. The summed E-state index contributed by atoms with van der Waals surface area (Å²) in [5.41, 5.74) is 0. The second-order valence-electron chi connectivity index (χ2n) is 7.01. The van der Waals surface area contributed by atoms with E-state index in [1.54, 1.807) is 0 Å². The third-order valence-corrected chi connectivity index (χ3v) is 5.02. The highest BCUT2D eigenvalue weighted by molar-refractivity contribution is 4.99. The van der Waals surface area contributed by atoms with Crippen molar-refractivity contribution in [3.05, 3.63) is 11.6 Å². The highest BCUT2D eigenvalue weighted by atomic mass is 16.3. The van der Waals surface area contributed by atoms with Gasteiger partial charge in [0.05, 0.1) is 0 Å². The third kappa shape index (κ3) is 3.46. The number of hydrogen-bond donors (Lipinski definition) is 1. The zero-order chi connectivity index (χ0) is 14.8. The minimum absolute atomic E-state index is 0.272. The Kier molecular flexibility index (Phi) is 4.60. The molecule has 0 aromatic carbocycles. The van der Waals surface area contributed by atoms with Gasteiger partial charge in [0.2, 0.25) is 0 Å². The van der Waals surface area contributed by atoms with Gasteiger partial charge in [-0.1, -0.05) is 0 Å². The van der Waals surface area contributed by atoms with Gasteiger partial charge in [0, 0.05) is 38.6 Å². The molecular weight excluding hydrogens is 264 g/mol. The van der Waals surface area contributed by atoms with Crippen LogP contribution in [-0.2, 0) is 19.4 Å². The normalized spacial score (nSPS) is 27.0. The van der Waals surface area contributed by atoms with Crippen molar-refractivity contribution < 1.29 is 5.11 Å². The van der Waals surface area contributed by atoms with E-state index in [1.165, 1.54) is 25.9 Å². The van der Waals surface area contributed by atoms with E-state index in [2.05, 4.69) is 28.5 Å². The second-order valence-corrected chi connectivity index (χ2v) is 7.01. The highest BCUT2D eigenvalue weighted by Gasteiger charge is 2.25. The van der Waals surface area contributed by atoms with Crippen LogP contribution in [0.15, 0.2) is 0 Å². The molecule has 2 aliphatic rings. The Bertz CT molecular complexity index is 471. The van der Waals surface area contributed by atoms with Gasteiger partial charge in [-0.3, -0.25) is 0 Å². The predicted octanol–water partition coefficient (Wildman–Crippen LogP) is 1.50. The first-order chi connectivity index (χ1) is 10.2. The topological polar surface area (TPSA) is 54.2 Å². The summed E-state index contributed by atoms with van der Waals surface area (Å²) in [5.74, 6) is 3.16. The molecule has 1 fully saturated rings. The number of aromatic nitrogens is 3. The molecule has 5 heteroatoms. The van der Waals surface area contributed by atoms with Crippen molar-refractivity contribution in [2.75, 3.05) is 19.7 Å². The van der Waals surface area contributed by atoms with E-state index in [4.69, 9.17) is 4.98 Å². The molecule has 118 valence electrons. The summed E-state index contributed by atoms with van der Waals surface area (Å²) >= 11 is 0. The second kappa shape index (κ2) is 6.44. The SMILES string of the molecule is CC(C)N1CCCC(Cc2nc3n(n2)CCC(CO)C3)C1. The molecule has 5 nitrogen and oxygen atoms in total. The zero-order valence-corrected chi connectivity index (χ0v) is 13.3. The molecule has 2 unspecified atom stereocenters. The molecule has 1 saturated heterocycles. The van der Waals surface area contributed by atoms with Gasteiger partial charge in [-0.05, 0) is 51.5 Å². The minimum Gasteiger partial charge on any atom is -0.396 e. The molecule has 2 aliphatic heterocycles. The van der Waals surface area contributed by atoms with Crippen molar-refractivity contribution >= 4 is 0 Å². The van der Waals surface area contributed by atoms with Crippen LogP contribution in [0.1, 0.15) is 44.8 Å².